The van der Waals surface area contributed by atoms with Gasteiger partial charge in [0.05, 0.1) is 17.1 Å². The summed E-state index contributed by atoms with van der Waals surface area (Å²) in [4.78, 5) is 33.3. The summed E-state index contributed by atoms with van der Waals surface area (Å²) in [5.74, 6) is -2.92. The zero-order valence-corrected chi connectivity index (χ0v) is 12.6. The molecule has 7 nitrogen and oxygen atoms in total. The van der Waals surface area contributed by atoms with Crippen LogP contribution < -0.4 is 4.90 Å². The first kappa shape index (κ1) is 18.7. The first-order valence-electron chi connectivity index (χ1n) is 6.00. The summed E-state index contributed by atoms with van der Waals surface area (Å²) >= 11 is 5.47. The van der Waals surface area contributed by atoms with Crippen LogP contribution in [0.15, 0.2) is 12.1 Å². The maximum absolute atomic E-state index is 13.1. The number of carbonyl (C=O) groups is 2. The largest absolute Gasteiger partial charge is 0.459 e. The topological polar surface area (TPSA) is 89.8 Å². The van der Waals surface area contributed by atoms with E-state index in [1.165, 1.54) is 6.92 Å². The predicted octanol–water partition coefficient (Wildman–Crippen LogP) is 2.79. The van der Waals surface area contributed by atoms with Gasteiger partial charge in [-0.3, -0.25) is 19.8 Å². The number of esters is 1. The molecule has 23 heavy (non-hydrogen) atoms. The van der Waals surface area contributed by atoms with Crippen molar-refractivity contribution in [2.75, 3.05) is 18.6 Å². The molecule has 0 unspecified atom stereocenters. The smallest absolute Gasteiger partial charge is 0.418 e. The molecular formula is C12H10ClF3N2O5. The fourth-order valence-electron chi connectivity index (χ4n) is 1.72. The molecule has 0 heterocycles. The van der Waals surface area contributed by atoms with Gasteiger partial charge in [-0.25, -0.2) is 4.79 Å². The van der Waals surface area contributed by atoms with E-state index >= 15 is 0 Å². The number of anilines is 1. The lowest BCUT2D eigenvalue weighted by Crippen LogP contribution is -2.36. The number of nitro groups is 1. The van der Waals surface area contributed by atoms with E-state index < -0.39 is 44.9 Å². The van der Waals surface area contributed by atoms with Gasteiger partial charge in [0, 0.05) is 18.1 Å². The van der Waals surface area contributed by atoms with Crippen LogP contribution in [0.2, 0.25) is 5.02 Å². The first-order chi connectivity index (χ1) is 10.5. The van der Waals surface area contributed by atoms with Gasteiger partial charge in [0.15, 0.2) is 0 Å². The lowest BCUT2D eigenvalue weighted by molar-refractivity contribution is -0.384. The van der Waals surface area contributed by atoms with Crippen molar-refractivity contribution in [1.82, 2.24) is 0 Å². The number of hydrogen-bond donors (Lipinski definition) is 0. The third-order valence-corrected chi connectivity index (χ3v) is 2.86. The van der Waals surface area contributed by atoms with Crippen LogP contribution >= 0.6 is 11.6 Å². The second-order valence-electron chi connectivity index (χ2n) is 4.16. The summed E-state index contributed by atoms with van der Waals surface area (Å²) in [6.45, 7) is 1.20. The maximum atomic E-state index is 13.1. The van der Waals surface area contributed by atoms with Crippen molar-refractivity contribution in [2.24, 2.45) is 0 Å². The highest BCUT2D eigenvalue weighted by molar-refractivity contribution is 6.38. The number of alkyl halides is 3. The lowest BCUT2D eigenvalue weighted by Gasteiger charge is -2.21. The first-order valence-corrected chi connectivity index (χ1v) is 6.38. The Kier molecular flexibility index (Phi) is 5.54. The molecule has 0 fully saturated rings. The molecule has 126 valence electrons. The molecule has 0 aliphatic heterocycles. The van der Waals surface area contributed by atoms with Crippen LogP contribution in [0.4, 0.5) is 24.5 Å². The molecule has 1 aromatic rings. The highest BCUT2D eigenvalue weighted by Crippen LogP contribution is 2.43. The van der Waals surface area contributed by atoms with E-state index in [9.17, 15) is 32.9 Å². The number of nitrogens with zero attached hydrogens (tertiary/aromatic N) is 2. The van der Waals surface area contributed by atoms with Crippen LogP contribution in [0.25, 0.3) is 0 Å². The molecule has 0 N–H and O–H groups in total. The van der Waals surface area contributed by atoms with Crippen molar-refractivity contribution in [3.63, 3.8) is 0 Å². The fourth-order valence-corrected chi connectivity index (χ4v) is 1.94. The average molecular weight is 355 g/mol. The van der Waals surface area contributed by atoms with Crippen LogP contribution in [0.5, 0.6) is 0 Å². The third-order valence-electron chi connectivity index (χ3n) is 2.65. The van der Waals surface area contributed by atoms with Crippen molar-refractivity contribution >= 4 is 34.9 Å². The van der Waals surface area contributed by atoms with Gasteiger partial charge in [0.25, 0.3) is 5.69 Å². The average Bonchev–Trinajstić information content (AvgIpc) is 2.44. The summed E-state index contributed by atoms with van der Waals surface area (Å²) in [5, 5.41) is 10.5. The molecule has 0 saturated heterocycles. The summed E-state index contributed by atoms with van der Waals surface area (Å²) < 4.78 is 43.7. The number of likely N-dealkylation sites (N-methyl/N-ethyl adjacent to an activating group) is 1. The van der Waals surface area contributed by atoms with Gasteiger partial charge in [-0.1, -0.05) is 11.6 Å². The summed E-state index contributed by atoms with van der Waals surface area (Å²) in [6, 6.07) is 1.08. The second-order valence-corrected chi connectivity index (χ2v) is 4.60. The fraction of sp³-hybridized carbons (Fsp3) is 0.333. The van der Waals surface area contributed by atoms with Crippen LogP contribution in [0, 0.1) is 10.1 Å². The second kappa shape index (κ2) is 6.82. The van der Waals surface area contributed by atoms with Gasteiger partial charge in [0.1, 0.15) is 5.69 Å². The normalized spacial score (nSPS) is 11.0. The Bertz CT molecular complexity index is 663. The Morgan fingerprint density at radius 1 is 1.39 bits per heavy atom. The number of halogens is 4. The third kappa shape index (κ3) is 4.09. The Morgan fingerprint density at radius 3 is 2.39 bits per heavy atom. The Balaban J connectivity index is 3.57. The molecule has 1 amide bonds. The maximum Gasteiger partial charge on any atom is 0.418 e. The van der Waals surface area contributed by atoms with Crippen LogP contribution in [0.3, 0.4) is 0 Å². The number of ether oxygens (including phenoxy) is 1. The van der Waals surface area contributed by atoms with Gasteiger partial charge in [-0.2, -0.15) is 13.2 Å². The van der Waals surface area contributed by atoms with Crippen LogP contribution in [-0.4, -0.2) is 30.5 Å². The standard InChI is InChI=1S/C12H10ClF3N2O5/c1-3-23-11(20)10(19)17(2)9-7(12(14,15)16)4-6(13)5-8(9)18(21)22/h4-5H,3H2,1-2H3. The van der Waals surface area contributed by atoms with Gasteiger partial charge in [-0.05, 0) is 13.0 Å². The molecule has 0 bridgehead atoms. The molecule has 11 heteroatoms. The molecular weight excluding hydrogens is 345 g/mol. The van der Waals surface area contributed by atoms with Gasteiger partial charge in [-0.15, -0.1) is 0 Å². The minimum Gasteiger partial charge on any atom is -0.459 e. The quantitative estimate of drug-likeness (QED) is 0.360. The number of amides is 1. The van der Waals surface area contributed by atoms with Gasteiger partial charge in [0.2, 0.25) is 0 Å². The monoisotopic (exact) mass is 354 g/mol. The zero-order chi connectivity index (χ0) is 17.9. The molecule has 0 aliphatic carbocycles. The van der Waals surface area contributed by atoms with E-state index in [0.717, 1.165) is 7.05 Å². The van der Waals surface area contributed by atoms with Crippen molar-refractivity contribution in [3.05, 3.63) is 32.8 Å². The molecule has 0 spiro atoms. The van der Waals surface area contributed by atoms with Crippen molar-refractivity contribution in [3.8, 4) is 0 Å². The zero-order valence-electron chi connectivity index (χ0n) is 11.8. The molecule has 0 saturated carbocycles. The summed E-state index contributed by atoms with van der Waals surface area (Å²) in [6.07, 6.45) is -5.03. The number of nitro benzene ring substituents is 1. The molecule has 0 radical (unpaired) electrons. The van der Waals surface area contributed by atoms with Crippen molar-refractivity contribution < 1.29 is 32.4 Å². The highest BCUT2D eigenvalue weighted by atomic mass is 35.5. The van der Waals surface area contributed by atoms with Crippen LogP contribution in [-0.2, 0) is 20.5 Å². The highest BCUT2D eigenvalue weighted by Gasteiger charge is 2.41. The van der Waals surface area contributed by atoms with E-state index in [2.05, 4.69) is 4.74 Å². The van der Waals surface area contributed by atoms with Crippen molar-refractivity contribution in [2.45, 2.75) is 13.1 Å². The van der Waals surface area contributed by atoms with E-state index in [1.54, 1.807) is 0 Å². The van der Waals surface area contributed by atoms with Crippen molar-refractivity contribution in [1.29, 1.82) is 0 Å². The predicted molar refractivity (Wildman–Crippen MR) is 73.2 cm³/mol. The number of carbonyl (C=O) groups excluding carboxylic acids is 2. The number of hydrogen-bond acceptors (Lipinski definition) is 5. The summed E-state index contributed by atoms with van der Waals surface area (Å²) in [7, 11) is 0.796. The number of rotatable bonds is 3. The van der Waals surface area contributed by atoms with Crippen LogP contribution in [0.1, 0.15) is 12.5 Å². The van der Waals surface area contributed by atoms with Gasteiger partial charge < -0.3 is 4.74 Å². The molecule has 1 rings (SSSR count). The lowest BCUT2D eigenvalue weighted by atomic mass is 10.1. The van der Waals surface area contributed by atoms with E-state index in [1.807, 2.05) is 0 Å². The minimum absolute atomic E-state index is 0.187. The Labute approximate surface area is 132 Å². The van der Waals surface area contributed by atoms with E-state index in [-0.39, 0.29) is 11.5 Å². The summed E-state index contributed by atoms with van der Waals surface area (Å²) in [5.41, 5.74) is -3.67. The minimum atomic E-state index is -5.03. The molecule has 0 aliphatic rings. The molecule has 0 atom stereocenters. The van der Waals surface area contributed by atoms with Gasteiger partial charge >= 0.3 is 18.1 Å². The SMILES string of the molecule is CCOC(=O)C(=O)N(C)c1c([N+](=O)[O-])cc(Cl)cc1C(F)(F)F. The van der Waals surface area contributed by atoms with E-state index in [0.29, 0.717) is 12.1 Å². The Hall–Kier alpha value is -2.36. The Morgan fingerprint density at radius 2 is 1.96 bits per heavy atom. The number of benzene rings is 1. The van der Waals surface area contributed by atoms with E-state index in [4.69, 9.17) is 11.6 Å². The molecule has 0 aromatic heterocycles. The molecule has 1 aromatic carbocycles.